The molecule has 1 heterocycles. The van der Waals surface area contributed by atoms with Gasteiger partial charge in [-0.1, -0.05) is 13.0 Å². The van der Waals surface area contributed by atoms with E-state index in [1.807, 2.05) is 25.1 Å². The van der Waals surface area contributed by atoms with E-state index in [1.165, 1.54) is 0 Å². The van der Waals surface area contributed by atoms with Crippen LogP contribution in [0.15, 0.2) is 18.2 Å². The lowest BCUT2D eigenvalue weighted by Crippen LogP contribution is -1.96. The second-order valence-corrected chi connectivity index (χ2v) is 3.77. The highest BCUT2D eigenvalue weighted by Crippen LogP contribution is 2.34. The Morgan fingerprint density at radius 2 is 2.12 bits per heavy atom. The molecule has 0 radical (unpaired) electrons. The highest BCUT2D eigenvalue weighted by atomic mass is 16.5. The summed E-state index contributed by atoms with van der Waals surface area (Å²) < 4.78 is 5.34. The van der Waals surface area contributed by atoms with E-state index in [9.17, 15) is 0 Å². The lowest BCUT2D eigenvalue weighted by atomic mass is 10.1. The second kappa shape index (κ2) is 4.45. The number of hydrogen-bond donors (Lipinski definition) is 1. The average molecular weight is 232 g/mol. The van der Waals surface area contributed by atoms with Crippen molar-refractivity contribution < 1.29 is 4.74 Å². The van der Waals surface area contributed by atoms with Crippen LogP contribution in [0.25, 0.3) is 11.3 Å². The lowest BCUT2D eigenvalue weighted by Gasteiger charge is -2.09. The third-order valence-electron chi connectivity index (χ3n) is 2.62. The number of rotatable bonds is 3. The van der Waals surface area contributed by atoms with Gasteiger partial charge < -0.3 is 10.5 Å². The van der Waals surface area contributed by atoms with Crippen molar-refractivity contribution in [1.82, 2.24) is 15.0 Å². The van der Waals surface area contributed by atoms with Crippen molar-refractivity contribution in [3.05, 3.63) is 23.9 Å². The van der Waals surface area contributed by atoms with E-state index in [0.29, 0.717) is 11.4 Å². The summed E-state index contributed by atoms with van der Waals surface area (Å²) in [7, 11) is 3.42. The number of aromatic nitrogens is 3. The Balaban J connectivity index is 2.63. The van der Waals surface area contributed by atoms with E-state index in [2.05, 4.69) is 10.2 Å². The van der Waals surface area contributed by atoms with Gasteiger partial charge >= 0.3 is 0 Å². The molecule has 0 aliphatic rings. The number of methoxy groups -OCH3 is 1. The minimum Gasteiger partial charge on any atom is -0.494 e. The van der Waals surface area contributed by atoms with Crippen LogP contribution in [-0.2, 0) is 13.5 Å². The molecule has 1 aromatic heterocycles. The minimum absolute atomic E-state index is 0.609. The third kappa shape index (κ3) is 1.95. The van der Waals surface area contributed by atoms with E-state index < -0.39 is 0 Å². The molecule has 2 aromatic rings. The van der Waals surface area contributed by atoms with Crippen LogP contribution in [0.2, 0.25) is 0 Å². The van der Waals surface area contributed by atoms with Crippen LogP contribution in [0.4, 0.5) is 5.69 Å². The quantitative estimate of drug-likeness (QED) is 0.817. The summed E-state index contributed by atoms with van der Waals surface area (Å²) in [4.78, 5) is 1.57. The first-order valence-corrected chi connectivity index (χ1v) is 5.50. The Labute approximate surface area is 100 Å². The number of aryl methyl sites for hydroxylation is 2. The molecule has 0 bridgehead atoms. The maximum absolute atomic E-state index is 5.89. The first-order valence-electron chi connectivity index (χ1n) is 5.50. The van der Waals surface area contributed by atoms with Crippen LogP contribution < -0.4 is 10.5 Å². The van der Waals surface area contributed by atoms with Gasteiger partial charge in [-0.3, -0.25) is 0 Å². The predicted octanol–water partition coefficient (Wildman–Crippen LogP) is 1.64. The second-order valence-electron chi connectivity index (χ2n) is 3.77. The molecule has 0 unspecified atom stereocenters. The topological polar surface area (TPSA) is 66.0 Å². The zero-order valence-corrected chi connectivity index (χ0v) is 10.3. The average Bonchev–Trinajstić information content (AvgIpc) is 2.70. The Bertz CT molecular complexity index is 533. The summed E-state index contributed by atoms with van der Waals surface area (Å²) in [6.45, 7) is 2.05. The number of nitrogens with zero attached hydrogens (tertiary/aromatic N) is 3. The SMILES string of the molecule is CCc1nn(C)nc1-c1cccc(N)c1OC. The fourth-order valence-corrected chi connectivity index (χ4v) is 1.86. The van der Waals surface area contributed by atoms with E-state index in [1.54, 1.807) is 19.0 Å². The van der Waals surface area contributed by atoms with Crippen molar-refractivity contribution in [2.45, 2.75) is 13.3 Å². The van der Waals surface area contributed by atoms with Gasteiger partial charge in [0.05, 0.1) is 18.5 Å². The van der Waals surface area contributed by atoms with Gasteiger partial charge in [0.25, 0.3) is 0 Å². The van der Waals surface area contributed by atoms with E-state index in [0.717, 1.165) is 23.4 Å². The normalized spacial score (nSPS) is 10.5. The maximum Gasteiger partial charge on any atom is 0.151 e. The summed E-state index contributed by atoms with van der Waals surface area (Å²) in [5, 5.41) is 8.69. The van der Waals surface area contributed by atoms with Crippen molar-refractivity contribution in [1.29, 1.82) is 0 Å². The molecule has 0 fully saturated rings. The molecular formula is C12H16N4O. The van der Waals surface area contributed by atoms with Gasteiger partial charge in [-0.05, 0) is 18.6 Å². The predicted molar refractivity (Wildman–Crippen MR) is 66.8 cm³/mol. The van der Waals surface area contributed by atoms with Crippen molar-refractivity contribution in [2.24, 2.45) is 7.05 Å². The van der Waals surface area contributed by atoms with Crippen molar-refractivity contribution in [3.63, 3.8) is 0 Å². The molecule has 0 saturated carbocycles. The Morgan fingerprint density at radius 1 is 1.35 bits per heavy atom. The summed E-state index contributed by atoms with van der Waals surface area (Å²) in [5.74, 6) is 0.655. The first kappa shape index (κ1) is 11.4. The zero-order chi connectivity index (χ0) is 12.4. The monoisotopic (exact) mass is 232 g/mol. The maximum atomic E-state index is 5.89. The summed E-state index contributed by atoms with van der Waals surface area (Å²) >= 11 is 0. The smallest absolute Gasteiger partial charge is 0.151 e. The van der Waals surface area contributed by atoms with Crippen LogP contribution in [0.5, 0.6) is 5.75 Å². The molecule has 0 saturated heterocycles. The molecular weight excluding hydrogens is 216 g/mol. The molecule has 0 aliphatic carbocycles. The van der Waals surface area contributed by atoms with Crippen LogP contribution >= 0.6 is 0 Å². The van der Waals surface area contributed by atoms with E-state index in [4.69, 9.17) is 10.5 Å². The third-order valence-corrected chi connectivity index (χ3v) is 2.62. The van der Waals surface area contributed by atoms with Gasteiger partial charge in [0.2, 0.25) is 0 Å². The molecule has 0 atom stereocenters. The Morgan fingerprint density at radius 3 is 2.76 bits per heavy atom. The summed E-state index contributed by atoms with van der Waals surface area (Å²) in [6.07, 6.45) is 0.821. The van der Waals surface area contributed by atoms with Crippen LogP contribution in [0.3, 0.4) is 0 Å². The van der Waals surface area contributed by atoms with Crippen LogP contribution in [0.1, 0.15) is 12.6 Å². The number of para-hydroxylation sites is 1. The summed E-state index contributed by atoms with van der Waals surface area (Å²) in [5.41, 5.74) is 9.16. The van der Waals surface area contributed by atoms with E-state index >= 15 is 0 Å². The minimum atomic E-state index is 0.609. The van der Waals surface area contributed by atoms with Gasteiger partial charge in [-0.2, -0.15) is 15.0 Å². The number of anilines is 1. The molecule has 1 aromatic carbocycles. The molecule has 2 N–H and O–H groups in total. The molecule has 2 rings (SSSR count). The Hall–Kier alpha value is -2.04. The Kier molecular flexibility index (Phi) is 2.99. The molecule has 90 valence electrons. The van der Waals surface area contributed by atoms with Gasteiger partial charge in [-0.25, -0.2) is 0 Å². The molecule has 5 heteroatoms. The van der Waals surface area contributed by atoms with Crippen molar-refractivity contribution in [3.8, 4) is 17.0 Å². The molecule has 0 amide bonds. The van der Waals surface area contributed by atoms with Crippen LogP contribution in [-0.4, -0.2) is 22.1 Å². The van der Waals surface area contributed by atoms with Crippen molar-refractivity contribution in [2.75, 3.05) is 12.8 Å². The molecule has 5 nitrogen and oxygen atoms in total. The number of ether oxygens (including phenoxy) is 1. The number of nitrogen functional groups attached to an aromatic ring is 1. The first-order chi connectivity index (χ1) is 8.17. The van der Waals surface area contributed by atoms with Crippen molar-refractivity contribution >= 4 is 5.69 Å². The fourth-order valence-electron chi connectivity index (χ4n) is 1.86. The van der Waals surface area contributed by atoms with Gasteiger partial charge in [0.1, 0.15) is 5.69 Å². The van der Waals surface area contributed by atoms with Gasteiger partial charge in [0, 0.05) is 12.6 Å². The van der Waals surface area contributed by atoms with E-state index in [-0.39, 0.29) is 0 Å². The van der Waals surface area contributed by atoms with Gasteiger partial charge in [-0.15, -0.1) is 0 Å². The number of nitrogens with two attached hydrogens (primary N) is 1. The number of hydrogen-bond acceptors (Lipinski definition) is 4. The zero-order valence-electron chi connectivity index (χ0n) is 10.3. The molecule has 0 spiro atoms. The molecule has 17 heavy (non-hydrogen) atoms. The molecule has 0 aliphatic heterocycles. The highest BCUT2D eigenvalue weighted by molar-refractivity contribution is 5.76. The highest BCUT2D eigenvalue weighted by Gasteiger charge is 2.16. The number of benzene rings is 1. The largest absolute Gasteiger partial charge is 0.494 e. The fraction of sp³-hybridized carbons (Fsp3) is 0.333. The lowest BCUT2D eigenvalue weighted by molar-refractivity contribution is 0.418. The van der Waals surface area contributed by atoms with Gasteiger partial charge in [0.15, 0.2) is 5.75 Å². The standard InChI is InChI=1S/C12H16N4O/c1-4-10-11(15-16(2)14-10)8-6-5-7-9(13)12(8)17-3/h5-7H,4,13H2,1-3H3. The summed E-state index contributed by atoms with van der Waals surface area (Å²) in [6, 6.07) is 5.64. The van der Waals surface area contributed by atoms with Crippen LogP contribution in [0, 0.1) is 0 Å².